The van der Waals surface area contributed by atoms with Crippen LogP contribution in [0, 0.1) is 11.8 Å². The van der Waals surface area contributed by atoms with E-state index in [0.29, 0.717) is 13.1 Å². The average molecular weight is 317 g/mol. The van der Waals surface area contributed by atoms with Crippen molar-refractivity contribution in [3.8, 4) is 0 Å². The van der Waals surface area contributed by atoms with Crippen LogP contribution in [0.5, 0.6) is 0 Å². The first-order valence-corrected chi connectivity index (χ1v) is 7.89. The van der Waals surface area contributed by atoms with Gasteiger partial charge in [0, 0.05) is 0 Å². The third kappa shape index (κ3) is 2.12. The standard InChI is InChI=1S/C17H19NO5/c1-10(2)22-16(20)13-12-5-6-17(23-12)9-18(15(19)14(13)17)8-11-4-3-7-21-11/h3-7,10,12-14H,8-9H2,1-2H3/t12-,13?,14+,17-/m1/s1. The molecule has 23 heavy (non-hydrogen) atoms. The molecule has 0 aromatic carbocycles. The Morgan fingerprint density at radius 1 is 1.52 bits per heavy atom. The highest BCUT2D eigenvalue weighted by Gasteiger charge is 2.67. The van der Waals surface area contributed by atoms with Crippen LogP contribution in [0.25, 0.3) is 0 Å². The van der Waals surface area contributed by atoms with E-state index in [1.165, 1.54) is 0 Å². The van der Waals surface area contributed by atoms with E-state index in [1.807, 2.05) is 18.2 Å². The SMILES string of the molecule is CC(C)OC(=O)C1[C@H]2C(=O)N(Cc3ccco3)C[C@]23C=C[C@H]1O3. The van der Waals surface area contributed by atoms with Crippen molar-refractivity contribution in [2.75, 3.05) is 6.54 Å². The van der Waals surface area contributed by atoms with Crippen molar-refractivity contribution < 1.29 is 23.5 Å². The van der Waals surface area contributed by atoms with Crippen LogP contribution in [0.4, 0.5) is 0 Å². The lowest BCUT2D eigenvalue weighted by Crippen LogP contribution is -2.40. The smallest absolute Gasteiger partial charge is 0.313 e. The third-order valence-electron chi connectivity index (χ3n) is 4.73. The molecule has 1 spiro atoms. The highest BCUT2D eigenvalue weighted by Crippen LogP contribution is 2.52. The van der Waals surface area contributed by atoms with E-state index >= 15 is 0 Å². The molecule has 6 nitrogen and oxygen atoms in total. The minimum atomic E-state index is -0.699. The molecule has 122 valence electrons. The molecule has 4 rings (SSSR count). The molecular weight excluding hydrogens is 298 g/mol. The molecule has 1 aromatic rings. The Labute approximate surface area is 134 Å². The van der Waals surface area contributed by atoms with Gasteiger partial charge in [-0.2, -0.15) is 0 Å². The zero-order valence-corrected chi connectivity index (χ0v) is 13.1. The summed E-state index contributed by atoms with van der Waals surface area (Å²) in [5, 5.41) is 0. The van der Waals surface area contributed by atoms with Gasteiger partial charge in [0.15, 0.2) is 0 Å². The number of rotatable bonds is 4. The molecular formula is C17H19NO5. The molecule has 2 saturated heterocycles. The molecule has 4 atom stereocenters. The Morgan fingerprint density at radius 3 is 3.04 bits per heavy atom. The maximum Gasteiger partial charge on any atom is 0.313 e. The van der Waals surface area contributed by atoms with E-state index in [0.717, 1.165) is 5.76 Å². The number of carbonyl (C=O) groups is 2. The molecule has 6 heteroatoms. The summed E-state index contributed by atoms with van der Waals surface area (Å²) >= 11 is 0. The number of fused-ring (bicyclic) bond motifs is 1. The molecule has 0 aliphatic carbocycles. The minimum absolute atomic E-state index is 0.0704. The predicted octanol–water partition coefficient (Wildman–Crippen LogP) is 1.51. The number of esters is 1. The molecule has 3 aliphatic heterocycles. The van der Waals surface area contributed by atoms with E-state index in [9.17, 15) is 9.59 Å². The van der Waals surface area contributed by atoms with Crippen LogP contribution in [0.1, 0.15) is 19.6 Å². The second-order valence-electron chi connectivity index (χ2n) is 6.66. The van der Waals surface area contributed by atoms with E-state index in [2.05, 4.69) is 0 Å². The Bertz CT molecular complexity index is 665. The molecule has 1 unspecified atom stereocenters. The summed E-state index contributed by atoms with van der Waals surface area (Å²) < 4.78 is 16.7. The van der Waals surface area contributed by atoms with Crippen molar-refractivity contribution in [3.05, 3.63) is 36.3 Å². The number of hydrogen-bond acceptors (Lipinski definition) is 5. The number of hydrogen-bond donors (Lipinski definition) is 0. The summed E-state index contributed by atoms with van der Waals surface area (Å²) in [6, 6.07) is 3.62. The summed E-state index contributed by atoms with van der Waals surface area (Å²) in [6.45, 7) is 4.43. The fraction of sp³-hybridized carbons (Fsp3) is 0.529. The fourth-order valence-corrected chi connectivity index (χ4v) is 3.88. The van der Waals surface area contributed by atoms with Gasteiger partial charge in [-0.1, -0.05) is 12.2 Å². The van der Waals surface area contributed by atoms with Crippen molar-refractivity contribution in [1.29, 1.82) is 0 Å². The number of amides is 1. The van der Waals surface area contributed by atoms with E-state index in [4.69, 9.17) is 13.9 Å². The summed E-state index contributed by atoms with van der Waals surface area (Å²) in [5.41, 5.74) is -0.699. The Morgan fingerprint density at radius 2 is 2.35 bits per heavy atom. The van der Waals surface area contributed by atoms with Gasteiger partial charge in [0.2, 0.25) is 5.91 Å². The summed E-state index contributed by atoms with van der Waals surface area (Å²) in [5.74, 6) is -0.766. The third-order valence-corrected chi connectivity index (χ3v) is 4.73. The monoisotopic (exact) mass is 317 g/mol. The number of likely N-dealkylation sites (tertiary alicyclic amines) is 1. The van der Waals surface area contributed by atoms with Gasteiger partial charge in [0.25, 0.3) is 0 Å². The molecule has 1 amide bonds. The number of carbonyl (C=O) groups excluding carboxylic acids is 2. The summed E-state index contributed by atoms with van der Waals surface area (Å²) in [4.78, 5) is 27.0. The normalized spacial score (nSPS) is 34.5. The molecule has 2 bridgehead atoms. The lowest BCUT2D eigenvalue weighted by Gasteiger charge is -2.23. The van der Waals surface area contributed by atoms with E-state index < -0.39 is 17.4 Å². The number of ether oxygens (including phenoxy) is 2. The molecule has 0 radical (unpaired) electrons. The van der Waals surface area contributed by atoms with Gasteiger partial charge in [-0.3, -0.25) is 9.59 Å². The Hall–Kier alpha value is -2.08. The Balaban J connectivity index is 1.59. The molecule has 2 fully saturated rings. The largest absolute Gasteiger partial charge is 0.467 e. The zero-order valence-electron chi connectivity index (χ0n) is 13.1. The van der Waals surface area contributed by atoms with Gasteiger partial charge in [-0.05, 0) is 26.0 Å². The van der Waals surface area contributed by atoms with Crippen molar-refractivity contribution in [2.24, 2.45) is 11.8 Å². The van der Waals surface area contributed by atoms with Crippen molar-refractivity contribution >= 4 is 11.9 Å². The zero-order chi connectivity index (χ0) is 16.2. The van der Waals surface area contributed by atoms with Gasteiger partial charge in [0.1, 0.15) is 17.3 Å². The van der Waals surface area contributed by atoms with Gasteiger partial charge < -0.3 is 18.8 Å². The van der Waals surface area contributed by atoms with Crippen molar-refractivity contribution in [2.45, 2.75) is 38.2 Å². The van der Waals surface area contributed by atoms with Gasteiger partial charge in [-0.25, -0.2) is 0 Å². The van der Waals surface area contributed by atoms with Crippen LogP contribution in [-0.2, 0) is 25.6 Å². The maximum atomic E-state index is 12.9. The molecule has 3 aliphatic rings. The minimum Gasteiger partial charge on any atom is -0.467 e. The quantitative estimate of drug-likeness (QED) is 0.622. The van der Waals surface area contributed by atoms with E-state index in [1.54, 1.807) is 31.1 Å². The highest BCUT2D eigenvalue weighted by atomic mass is 16.6. The van der Waals surface area contributed by atoms with Crippen LogP contribution in [0.2, 0.25) is 0 Å². The number of furan rings is 1. The van der Waals surface area contributed by atoms with Gasteiger partial charge in [0.05, 0.1) is 37.5 Å². The van der Waals surface area contributed by atoms with Crippen molar-refractivity contribution in [3.63, 3.8) is 0 Å². The van der Waals surface area contributed by atoms with Crippen LogP contribution in [0.3, 0.4) is 0 Å². The Kier molecular flexibility index (Phi) is 3.13. The first-order chi connectivity index (χ1) is 11.0. The molecule has 1 aromatic heterocycles. The fourth-order valence-electron chi connectivity index (χ4n) is 3.88. The topological polar surface area (TPSA) is 69.0 Å². The number of nitrogens with zero attached hydrogens (tertiary/aromatic N) is 1. The predicted molar refractivity (Wildman–Crippen MR) is 79.1 cm³/mol. The second-order valence-corrected chi connectivity index (χ2v) is 6.66. The van der Waals surface area contributed by atoms with Crippen LogP contribution >= 0.6 is 0 Å². The van der Waals surface area contributed by atoms with Gasteiger partial charge >= 0.3 is 5.97 Å². The van der Waals surface area contributed by atoms with Gasteiger partial charge in [-0.15, -0.1) is 0 Å². The first-order valence-electron chi connectivity index (χ1n) is 7.89. The van der Waals surface area contributed by atoms with Crippen LogP contribution in [0.15, 0.2) is 35.0 Å². The molecule has 4 heterocycles. The second kappa shape index (κ2) is 4.96. The molecule has 0 N–H and O–H groups in total. The summed E-state index contributed by atoms with van der Waals surface area (Å²) in [6.07, 6.45) is 4.83. The maximum absolute atomic E-state index is 12.9. The summed E-state index contributed by atoms with van der Waals surface area (Å²) in [7, 11) is 0. The van der Waals surface area contributed by atoms with Crippen LogP contribution in [-0.4, -0.2) is 41.1 Å². The lowest BCUT2D eigenvalue weighted by molar-refractivity contribution is -0.157. The van der Waals surface area contributed by atoms with Crippen LogP contribution < -0.4 is 0 Å². The highest BCUT2D eigenvalue weighted by molar-refractivity contribution is 5.91. The lowest BCUT2D eigenvalue weighted by atomic mass is 9.77. The first kappa shape index (κ1) is 14.5. The van der Waals surface area contributed by atoms with E-state index in [-0.39, 0.29) is 24.1 Å². The average Bonchev–Trinajstić information content (AvgIpc) is 3.21. The molecule has 0 saturated carbocycles. The van der Waals surface area contributed by atoms with Crippen molar-refractivity contribution in [1.82, 2.24) is 4.90 Å².